The van der Waals surface area contributed by atoms with Gasteiger partial charge in [-0.1, -0.05) is 37.3 Å². The second-order valence-corrected chi connectivity index (χ2v) is 3.44. The fourth-order valence-corrected chi connectivity index (χ4v) is 1.22. The summed E-state index contributed by atoms with van der Waals surface area (Å²) in [6, 6.07) is 5.03. The Kier molecular flexibility index (Phi) is 8.90. The normalized spacial score (nSPS) is 8.61. The van der Waals surface area contributed by atoms with Gasteiger partial charge in [0.15, 0.2) is 11.5 Å². The van der Waals surface area contributed by atoms with Crippen LogP contribution in [-0.2, 0) is 11.2 Å². The summed E-state index contributed by atoms with van der Waals surface area (Å²) >= 11 is 0. The highest BCUT2D eigenvalue weighted by Gasteiger charge is 2.02. The quantitative estimate of drug-likeness (QED) is 0.487. The number of hydrogen-bond donors (Lipinski definition) is 2. The first-order valence-electron chi connectivity index (χ1n) is 5.61. The van der Waals surface area contributed by atoms with Crippen LogP contribution >= 0.6 is 0 Å². The van der Waals surface area contributed by atoms with Gasteiger partial charge in [-0.25, -0.2) is 0 Å². The molecule has 0 unspecified atom stereocenters. The van der Waals surface area contributed by atoms with Crippen LogP contribution < -0.4 is 0 Å². The summed E-state index contributed by atoms with van der Waals surface area (Å²) < 4.78 is 4.66. The maximum Gasteiger partial charge on any atom is 0.160 e. The van der Waals surface area contributed by atoms with E-state index in [1.54, 1.807) is 6.07 Å². The molecule has 0 saturated heterocycles. The van der Waals surface area contributed by atoms with Gasteiger partial charge in [-0.3, -0.25) is 0 Å². The molecule has 0 spiro atoms. The van der Waals surface area contributed by atoms with Crippen molar-refractivity contribution < 1.29 is 14.9 Å². The van der Waals surface area contributed by atoms with E-state index in [9.17, 15) is 5.11 Å². The summed E-state index contributed by atoms with van der Waals surface area (Å²) in [7, 11) is 0. The standard InChI is InChI=1S/C9H12O2.C6H6O/c1-2-4-7-5-3-6-8(10)9(7)11;1-3-5-7-6-4-2/h3,5-6,10-11H,2,4H2,1H3;1-2H,5-6H2. The van der Waals surface area contributed by atoms with Crippen molar-refractivity contribution in [2.24, 2.45) is 0 Å². The smallest absolute Gasteiger partial charge is 0.160 e. The second kappa shape index (κ2) is 10.1. The maximum atomic E-state index is 9.28. The average Bonchev–Trinajstić information content (AvgIpc) is 2.37. The van der Waals surface area contributed by atoms with Gasteiger partial charge in [-0.2, -0.15) is 0 Å². The van der Waals surface area contributed by atoms with Crippen LogP contribution in [0.3, 0.4) is 0 Å². The zero-order valence-electron chi connectivity index (χ0n) is 10.5. The molecule has 1 aromatic rings. The van der Waals surface area contributed by atoms with Crippen LogP contribution in [0.1, 0.15) is 18.9 Å². The van der Waals surface area contributed by atoms with Crippen LogP contribution in [0.25, 0.3) is 0 Å². The highest BCUT2D eigenvalue weighted by molar-refractivity contribution is 5.44. The average molecular weight is 246 g/mol. The van der Waals surface area contributed by atoms with Crippen LogP contribution in [0.2, 0.25) is 0 Å². The lowest BCUT2D eigenvalue weighted by Crippen LogP contribution is -1.89. The number of phenols is 2. The Morgan fingerprint density at radius 2 is 1.78 bits per heavy atom. The number of hydrogen-bond acceptors (Lipinski definition) is 3. The van der Waals surface area contributed by atoms with Crippen molar-refractivity contribution in [3.05, 3.63) is 23.8 Å². The van der Waals surface area contributed by atoms with E-state index in [1.807, 2.05) is 13.0 Å². The van der Waals surface area contributed by atoms with Crippen molar-refractivity contribution in [2.75, 3.05) is 13.2 Å². The molecule has 0 bridgehead atoms. The lowest BCUT2D eigenvalue weighted by Gasteiger charge is -2.03. The van der Waals surface area contributed by atoms with E-state index in [2.05, 4.69) is 16.6 Å². The molecule has 1 aromatic carbocycles. The van der Waals surface area contributed by atoms with E-state index in [1.165, 1.54) is 6.07 Å². The minimum Gasteiger partial charge on any atom is -0.504 e. The van der Waals surface area contributed by atoms with Crippen LogP contribution in [0.15, 0.2) is 18.2 Å². The number of terminal acetylenes is 2. The number of aryl methyl sites for hydroxylation is 1. The van der Waals surface area contributed by atoms with E-state index < -0.39 is 0 Å². The number of benzene rings is 1. The molecule has 3 nitrogen and oxygen atoms in total. The molecular formula is C15H18O3. The second-order valence-electron chi connectivity index (χ2n) is 3.44. The highest BCUT2D eigenvalue weighted by atomic mass is 16.5. The molecule has 0 saturated carbocycles. The largest absolute Gasteiger partial charge is 0.504 e. The first-order valence-corrected chi connectivity index (χ1v) is 5.61. The summed E-state index contributed by atoms with van der Waals surface area (Å²) in [6.07, 6.45) is 11.4. The summed E-state index contributed by atoms with van der Waals surface area (Å²) in [4.78, 5) is 0. The van der Waals surface area contributed by atoms with Gasteiger partial charge in [0.25, 0.3) is 0 Å². The Morgan fingerprint density at radius 3 is 2.28 bits per heavy atom. The number of rotatable bonds is 4. The number of aromatic hydroxyl groups is 2. The molecule has 0 aromatic heterocycles. The summed E-state index contributed by atoms with van der Waals surface area (Å²) in [6.45, 7) is 2.65. The Balaban J connectivity index is 0.000000360. The predicted octanol–water partition coefficient (Wildman–Crippen LogP) is 2.32. The first kappa shape index (κ1) is 15.9. The van der Waals surface area contributed by atoms with Crippen molar-refractivity contribution in [3.63, 3.8) is 0 Å². The lowest BCUT2D eigenvalue weighted by molar-refractivity contribution is 0.205. The van der Waals surface area contributed by atoms with E-state index >= 15 is 0 Å². The van der Waals surface area contributed by atoms with Crippen LogP contribution in [0.5, 0.6) is 11.5 Å². The molecule has 1 rings (SSSR count). The number of phenolic OH excluding ortho intramolecular Hbond substituents is 2. The molecule has 96 valence electrons. The van der Waals surface area contributed by atoms with Crippen LogP contribution in [0.4, 0.5) is 0 Å². The molecule has 0 aliphatic carbocycles. The van der Waals surface area contributed by atoms with Gasteiger partial charge in [-0.05, 0) is 18.1 Å². The molecule has 3 heteroatoms. The van der Waals surface area contributed by atoms with E-state index in [4.69, 9.17) is 18.0 Å². The number of para-hydroxylation sites is 1. The van der Waals surface area contributed by atoms with Crippen LogP contribution in [-0.4, -0.2) is 23.4 Å². The Bertz CT molecular complexity index is 410. The molecular weight excluding hydrogens is 228 g/mol. The monoisotopic (exact) mass is 246 g/mol. The third-order valence-corrected chi connectivity index (χ3v) is 1.99. The summed E-state index contributed by atoms with van der Waals surface area (Å²) in [5.74, 6) is 4.56. The van der Waals surface area contributed by atoms with Gasteiger partial charge in [0.05, 0.1) is 0 Å². The molecule has 18 heavy (non-hydrogen) atoms. The molecule has 0 fully saturated rings. The minimum atomic E-state index is -0.0315. The first-order chi connectivity index (χ1) is 8.67. The van der Waals surface area contributed by atoms with Gasteiger partial charge >= 0.3 is 0 Å². The number of ether oxygens (including phenoxy) is 1. The molecule has 0 amide bonds. The fourth-order valence-electron chi connectivity index (χ4n) is 1.22. The van der Waals surface area contributed by atoms with E-state index in [0.717, 1.165) is 18.4 Å². The molecule has 0 aliphatic heterocycles. The molecule has 0 aliphatic rings. The molecule has 0 radical (unpaired) electrons. The topological polar surface area (TPSA) is 49.7 Å². The Morgan fingerprint density at radius 1 is 1.17 bits per heavy atom. The maximum absolute atomic E-state index is 9.28. The zero-order valence-corrected chi connectivity index (χ0v) is 10.5. The Labute approximate surface area is 108 Å². The molecule has 0 atom stereocenters. The molecule has 2 N–H and O–H groups in total. The van der Waals surface area contributed by atoms with Crippen molar-refractivity contribution in [2.45, 2.75) is 19.8 Å². The van der Waals surface area contributed by atoms with Crippen molar-refractivity contribution >= 4 is 0 Å². The summed E-state index contributed by atoms with van der Waals surface area (Å²) in [5, 5.41) is 18.4. The van der Waals surface area contributed by atoms with Gasteiger partial charge < -0.3 is 14.9 Å². The summed E-state index contributed by atoms with van der Waals surface area (Å²) in [5.41, 5.74) is 0.813. The van der Waals surface area contributed by atoms with Crippen LogP contribution in [0, 0.1) is 24.7 Å². The third-order valence-electron chi connectivity index (χ3n) is 1.99. The fraction of sp³-hybridized carbons (Fsp3) is 0.333. The van der Waals surface area contributed by atoms with Crippen molar-refractivity contribution in [1.82, 2.24) is 0 Å². The predicted molar refractivity (Wildman–Crippen MR) is 72.3 cm³/mol. The van der Waals surface area contributed by atoms with Gasteiger partial charge in [-0.15, -0.1) is 12.8 Å². The zero-order chi connectivity index (χ0) is 13.8. The van der Waals surface area contributed by atoms with Crippen molar-refractivity contribution in [3.8, 4) is 36.2 Å². The van der Waals surface area contributed by atoms with Gasteiger partial charge in [0.2, 0.25) is 0 Å². The van der Waals surface area contributed by atoms with E-state index in [0.29, 0.717) is 13.2 Å². The van der Waals surface area contributed by atoms with Gasteiger partial charge in [0, 0.05) is 0 Å². The Hall–Kier alpha value is -2.10. The highest BCUT2D eigenvalue weighted by Crippen LogP contribution is 2.28. The minimum absolute atomic E-state index is 0.0225. The van der Waals surface area contributed by atoms with Crippen molar-refractivity contribution in [1.29, 1.82) is 0 Å². The SMILES string of the molecule is C#CCOCC#C.CCCc1cccc(O)c1O. The third kappa shape index (κ3) is 6.48. The lowest BCUT2D eigenvalue weighted by atomic mass is 10.1. The van der Waals surface area contributed by atoms with E-state index in [-0.39, 0.29) is 11.5 Å². The molecule has 0 heterocycles. The van der Waals surface area contributed by atoms with Gasteiger partial charge in [0.1, 0.15) is 13.2 Å².